The fourth-order valence-corrected chi connectivity index (χ4v) is 2.85. The number of methoxy groups -OCH3 is 2. The molecule has 150 valence electrons. The molecule has 0 saturated heterocycles. The van der Waals surface area contributed by atoms with Crippen LogP contribution >= 0.6 is 0 Å². The predicted molar refractivity (Wildman–Crippen MR) is 108 cm³/mol. The minimum Gasteiger partial charge on any atom is -0.497 e. The Morgan fingerprint density at radius 1 is 0.862 bits per heavy atom. The van der Waals surface area contributed by atoms with Crippen molar-refractivity contribution in [2.75, 3.05) is 14.2 Å². The largest absolute Gasteiger partial charge is 0.497 e. The first-order valence-corrected chi connectivity index (χ1v) is 9.08. The van der Waals surface area contributed by atoms with E-state index in [9.17, 15) is 9.18 Å². The molecule has 0 heterocycles. The van der Waals surface area contributed by atoms with E-state index in [-0.39, 0.29) is 18.9 Å². The lowest BCUT2D eigenvalue weighted by Gasteiger charge is -2.13. The maximum atomic E-state index is 13.8. The second kappa shape index (κ2) is 9.59. The van der Waals surface area contributed by atoms with Gasteiger partial charge in [0.1, 0.15) is 28.8 Å². The van der Waals surface area contributed by atoms with Crippen LogP contribution in [0.1, 0.15) is 11.1 Å². The minimum atomic E-state index is -0.428. The monoisotopic (exact) mass is 395 g/mol. The summed E-state index contributed by atoms with van der Waals surface area (Å²) >= 11 is 0. The fourth-order valence-electron chi connectivity index (χ4n) is 2.85. The molecule has 0 bridgehead atoms. The number of amides is 1. The van der Waals surface area contributed by atoms with Gasteiger partial charge in [-0.05, 0) is 48.5 Å². The van der Waals surface area contributed by atoms with Crippen LogP contribution in [0.2, 0.25) is 0 Å². The molecule has 1 amide bonds. The highest BCUT2D eigenvalue weighted by Crippen LogP contribution is 2.27. The van der Waals surface area contributed by atoms with Crippen molar-refractivity contribution in [2.24, 2.45) is 0 Å². The van der Waals surface area contributed by atoms with Gasteiger partial charge < -0.3 is 19.5 Å². The van der Waals surface area contributed by atoms with Crippen molar-refractivity contribution in [3.63, 3.8) is 0 Å². The maximum absolute atomic E-state index is 13.8. The number of para-hydroxylation sites is 1. The first-order valence-electron chi connectivity index (χ1n) is 9.08. The topological polar surface area (TPSA) is 56.8 Å². The summed E-state index contributed by atoms with van der Waals surface area (Å²) in [6, 6.07) is 18.6. The van der Waals surface area contributed by atoms with Gasteiger partial charge >= 0.3 is 0 Å². The summed E-state index contributed by atoms with van der Waals surface area (Å²) in [5.41, 5.74) is 1.24. The van der Waals surface area contributed by atoms with E-state index in [0.29, 0.717) is 28.6 Å². The van der Waals surface area contributed by atoms with Gasteiger partial charge in [-0.1, -0.05) is 18.2 Å². The zero-order chi connectivity index (χ0) is 20.6. The van der Waals surface area contributed by atoms with Crippen molar-refractivity contribution in [1.82, 2.24) is 5.32 Å². The number of halogens is 1. The third kappa shape index (κ3) is 5.48. The van der Waals surface area contributed by atoms with Gasteiger partial charge in [0.05, 0.1) is 20.6 Å². The maximum Gasteiger partial charge on any atom is 0.224 e. The molecule has 0 spiro atoms. The summed E-state index contributed by atoms with van der Waals surface area (Å²) in [6.07, 6.45) is -0.0216. The molecule has 0 aromatic heterocycles. The number of hydrogen-bond donors (Lipinski definition) is 1. The smallest absolute Gasteiger partial charge is 0.224 e. The molecule has 29 heavy (non-hydrogen) atoms. The van der Waals surface area contributed by atoms with Crippen LogP contribution in [-0.4, -0.2) is 20.1 Å². The van der Waals surface area contributed by atoms with Crippen LogP contribution in [-0.2, 0) is 17.8 Å². The van der Waals surface area contributed by atoms with Crippen molar-refractivity contribution < 1.29 is 23.4 Å². The molecule has 0 fully saturated rings. The van der Waals surface area contributed by atoms with Crippen molar-refractivity contribution in [3.05, 3.63) is 83.7 Å². The third-order valence-electron chi connectivity index (χ3n) is 4.31. The number of carbonyl (C=O) groups excluding carboxylic acids is 1. The van der Waals surface area contributed by atoms with Crippen LogP contribution in [0.3, 0.4) is 0 Å². The van der Waals surface area contributed by atoms with Gasteiger partial charge in [-0.3, -0.25) is 4.79 Å². The van der Waals surface area contributed by atoms with Gasteiger partial charge in [0.25, 0.3) is 0 Å². The molecule has 5 nitrogen and oxygen atoms in total. The summed E-state index contributed by atoms with van der Waals surface area (Å²) in [4.78, 5) is 12.5. The van der Waals surface area contributed by atoms with E-state index in [0.717, 1.165) is 5.56 Å². The molecule has 0 aliphatic carbocycles. The number of ether oxygens (including phenoxy) is 3. The van der Waals surface area contributed by atoms with E-state index in [4.69, 9.17) is 14.2 Å². The highest BCUT2D eigenvalue weighted by atomic mass is 19.1. The molecule has 3 rings (SSSR count). The van der Waals surface area contributed by atoms with Gasteiger partial charge in [-0.25, -0.2) is 4.39 Å². The summed E-state index contributed by atoms with van der Waals surface area (Å²) in [5, 5.41) is 2.83. The lowest BCUT2D eigenvalue weighted by molar-refractivity contribution is -0.120. The molecule has 0 aliphatic heterocycles. The number of hydrogen-bond acceptors (Lipinski definition) is 4. The Morgan fingerprint density at radius 3 is 2.34 bits per heavy atom. The van der Waals surface area contributed by atoms with E-state index in [1.807, 2.05) is 18.2 Å². The first kappa shape index (κ1) is 20.2. The Labute approximate surface area is 169 Å². The Hall–Kier alpha value is -3.54. The lowest BCUT2D eigenvalue weighted by atomic mass is 10.1. The van der Waals surface area contributed by atoms with Gasteiger partial charge in [0.2, 0.25) is 5.91 Å². The van der Waals surface area contributed by atoms with Gasteiger partial charge in [0, 0.05) is 17.7 Å². The third-order valence-corrected chi connectivity index (χ3v) is 4.31. The second-order valence-corrected chi connectivity index (χ2v) is 6.30. The molecule has 1 N–H and O–H groups in total. The second-order valence-electron chi connectivity index (χ2n) is 6.30. The number of benzene rings is 3. The van der Waals surface area contributed by atoms with Crippen LogP contribution in [0, 0.1) is 5.82 Å². The normalized spacial score (nSPS) is 10.3. The predicted octanol–water partition coefficient (Wildman–Crippen LogP) is 4.49. The van der Waals surface area contributed by atoms with E-state index in [1.54, 1.807) is 44.6 Å². The van der Waals surface area contributed by atoms with Crippen LogP contribution in [0.5, 0.6) is 23.0 Å². The zero-order valence-electron chi connectivity index (χ0n) is 16.3. The van der Waals surface area contributed by atoms with Gasteiger partial charge in [-0.15, -0.1) is 0 Å². The van der Waals surface area contributed by atoms with E-state index in [1.165, 1.54) is 18.2 Å². The molecule has 0 unspecified atom stereocenters. The SMILES string of the molecule is COc1ccc(OC)c(CNC(=O)Cc2cc(F)ccc2Oc2ccccc2)c1. The van der Waals surface area contributed by atoms with Crippen LogP contribution in [0.25, 0.3) is 0 Å². The number of carbonyl (C=O) groups is 1. The fraction of sp³-hybridized carbons (Fsp3) is 0.174. The molecule has 0 radical (unpaired) electrons. The molecule has 3 aromatic rings. The number of nitrogens with one attached hydrogen (secondary N) is 1. The summed E-state index contributed by atoms with van der Waals surface area (Å²) in [5.74, 6) is 1.67. The van der Waals surface area contributed by atoms with Crippen molar-refractivity contribution in [2.45, 2.75) is 13.0 Å². The standard InChI is InChI=1S/C23H22FNO4/c1-27-20-9-11-21(28-2)17(13-20)15-25-23(26)14-16-12-18(24)8-10-22(16)29-19-6-4-3-5-7-19/h3-13H,14-15H2,1-2H3,(H,25,26). The minimum absolute atomic E-state index is 0.0216. The van der Waals surface area contributed by atoms with Crippen LogP contribution in [0.4, 0.5) is 4.39 Å². The quantitative estimate of drug-likeness (QED) is 0.610. The average molecular weight is 395 g/mol. The number of rotatable bonds is 8. The molecule has 3 aromatic carbocycles. The van der Waals surface area contributed by atoms with E-state index < -0.39 is 5.82 Å². The summed E-state index contributed by atoms with van der Waals surface area (Å²) < 4.78 is 30.1. The summed E-state index contributed by atoms with van der Waals surface area (Å²) in [6.45, 7) is 0.253. The molecular formula is C23H22FNO4. The van der Waals surface area contributed by atoms with Gasteiger partial charge in [0.15, 0.2) is 0 Å². The van der Waals surface area contributed by atoms with Crippen molar-refractivity contribution >= 4 is 5.91 Å². The summed E-state index contributed by atoms with van der Waals surface area (Å²) in [7, 11) is 3.13. The lowest BCUT2D eigenvalue weighted by Crippen LogP contribution is -2.25. The Morgan fingerprint density at radius 2 is 1.62 bits per heavy atom. The Kier molecular flexibility index (Phi) is 6.68. The molecule has 0 saturated carbocycles. The molecular weight excluding hydrogens is 373 g/mol. The molecule has 6 heteroatoms. The van der Waals surface area contributed by atoms with Crippen molar-refractivity contribution in [1.29, 1.82) is 0 Å². The molecule has 0 aliphatic rings. The van der Waals surface area contributed by atoms with Crippen LogP contribution < -0.4 is 19.5 Å². The molecule has 0 atom stereocenters. The Bertz CT molecular complexity index is 976. The van der Waals surface area contributed by atoms with Gasteiger partial charge in [-0.2, -0.15) is 0 Å². The highest BCUT2D eigenvalue weighted by molar-refractivity contribution is 5.79. The van der Waals surface area contributed by atoms with E-state index in [2.05, 4.69) is 5.32 Å². The average Bonchev–Trinajstić information content (AvgIpc) is 2.74. The van der Waals surface area contributed by atoms with Crippen LogP contribution in [0.15, 0.2) is 66.7 Å². The Balaban J connectivity index is 1.70. The zero-order valence-corrected chi connectivity index (χ0v) is 16.3. The first-order chi connectivity index (χ1) is 14.1. The highest BCUT2D eigenvalue weighted by Gasteiger charge is 2.13. The van der Waals surface area contributed by atoms with Crippen molar-refractivity contribution in [3.8, 4) is 23.0 Å². The van der Waals surface area contributed by atoms with E-state index >= 15 is 0 Å².